The van der Waals surface area contributed by atoms with Gasteiger partial charge in [-0.05, 0) is 36.8 Å². The van der Waals surface area contributed by atoms with Crippen LogP contribution < -0.4 is 10.5 Å². The van der Waals surface area contributed by atoms with E-state index in [-0.39, 0.29) is 6.04 Å². The van der Waals surface area contributed by atoms with E-state index < -0.39 is 0 Å². The van der Waals surface area contributed by atoms with Crippen molar-refractivity contribution in [3.8, 4) is 5.75 Å². The van der Waals surface area contributed by atoms with Gasteiger partial charge < -0.3 is 10.5 Å². The maximum absolute atomic E-state index is 6.01. The molecular weight excluding hydrogens is 206 g/mol. The van der Waals surface area contributed by atoms with Crippen molar-refractivity contribution in [3.05, 3.63) is 29.8 Å². The van der Waals surface area contributed by atoms with Gasteiger partial charge in [-0.1, -0.05) is 12.1 Å². The molecule has 1 aromatic rings. The standard InChI is InChI=1S/C12H17NOS/c1-15-8-12(13)9-2-4-10(5-3-9)14-11-6-7-11/h2-5,11-12H,6-8,13H2,1H3. The van der Waals surface area contributed by atoms with Gasteiger partial charge in [0, 0.05) is 11.8 Å². The lowest BCUT2D eigenvalue weighted by Gasteiger charge is -2.11. The Morgan fingerprint density at radius 3 is 2.60 bits per heavy atom. The lowest BCUT2D eigenvalue weighted by molar-refractivity contribution is 0.303. The zero-order valence-corrected chi connectivity index (χ0v) is 9.80. The summed E-state index contributed by atoms with van der Waals surface area (Å²) in [6.45, 7) is 0. The van der Waals surface area contributed by atoms with E-state index in [0.717, 1.165) is 11.5 Å². The van der Waals surface area contributed by atoms with Gasteiger partial charge in [0.1, 0.15) is 5.75 Å². The van der Waals surface area contributed by atoms with E-state index >= 15 is 0 Å². The van der Waals surface area contributed by atoms with Crippen LogP contribution in [0.25, 0.3) is 0 Å². The molecule has 0 heterocycles. The van der Waals surface area contributed by atoms with Crippen LogP contribution in [0.2, 0.25) is 0 Å². The van der Waals surface area contributed by atoms with Gasteiger partial charge in [0.05, 0.1) is 6.10 Å². The Balaban J connectivity index is 1.95. The van der Waals surface area contributed by atoms with Gasteiger partial charge in [0.25, 0.3) is 0 Å². The molecule has 0 bridgehead atoms. The highest BCUT2D eigenvalue weighted by Gasteiger charge is 2.23. The van der Waals surface area contributed by atoms with Crippen LogP contribution in [-0.4, -0.2) is 18.1 Å². The predicted molar refractivity (Wildman–Crippen MR) is 65.4 cm³/mol. The van der Waals surface area contributed by atoms with E-state index in [9.17, 15) is 0 Å². The maximum atomic E-state index is 6.01. The molecular formula is C12H17NOS. The Bertz CT molecular complexity index is 308. The minimum Gasteiger partial charge on any atom is -0.490 e. The van der Waals surface area contributed by atoms with Crippen LogP contribution in [0.1, 0.15) is 24.4 Å². The normalized spacial score (nSPS) is 17.5. The maximum Gasteiger partial charge on any atom is 0.119 e. The quantitative estimate of drug-likeness (QED) is 0.833. The second-order valence-electron chi connectivity index (χ2n) is 3.95. The summed E-state index contributed by atoms with van der Waals surface area (Å²) in [4.78, 5) is 0. The zero-order valence-electron chi connectivity index (χ0n) is 8.98. The van der Waals surface area contributed by atoms with Gasteiger partial charge in [-0.15, -0.1) is 0 Å². The fourth-order valence-electron chi connectivity index (χ4n) is 1.45. The molecule has 0 aliphatic heterocycles. The SMILES string of the molecule is CSCC(N)c1ccc(OC2CC2)cc1. The average molecular weight is 223 g/mol. The monoisotopic (exact) mass is 223 g/mol. The molecule has 1 fully saturated rings. The fourth-order valence-corrected chi connectivity index (χ4v) is 2.00. The van der Waals surface area contributed by atoms with Crippen LogP contribution in [0.15, 0.2) is 24.3 Å². The number of rotatable bonds is 5. The van der Waals surface area contributed by atoms with E-state index in [4.69, 9.17) is 10.5 Å². The van der Waals surface area contributed by atoms with E-state index in [1.807, 2.05) is 12.1 Å². The van der Waals surface area contributed by atoms with Gasteiger partial charge in [-0.25, -0.2) is 0 Å². The first-order chi connectivity index (χ1) is 7.29. The first kappa shape index (κ1) is 10.8. The summed E-state index contributed by atoms with van der Waals surface area (Å²) in [5.41, 5.74) is 7.20. The molecule has 1 saturated carbocycles. The number of thioether (sulfide) groups is 1. The molecule has 0 saturated heterocycles. The molecule has 0 spiro atoms. The van der Waals surface area contributed by atoms with Crippen LogP contribution in [-0.2, 0) is 0 Å². The molecule has 0 aromatic heterocycles. The van der Waals surface area contributed by atoms with Crippen LogP contribution >= 0.6 is 11.8 Å². The molecule has 82 valence electrons. The minimum atomic E-state index is 0.134. The molecule has 2 N–H and O–H groups in total. The summed E-state index contributed by atoms with van der Waals surface area (Å²) in [7, 11) is 0. The highest BCUT2D eigenvalue weighted by molar-refractivity contribution is 7.98. The van der Waals surface area contributed by atoms with Crippen molar-refractivity contribution >= 4 is 11.8 Å². The van der Waals surface area contributed by atoms with Crippen molar-refractivity contribution in [3.63, 3.8) is 0 Å². The van der Waals surface area contributed by atoms with Gasteiger partial charge in [0.2, 0.25) is 0 Å². The van der Waals surface area contributed by atoms with Crippen molar-refractivity contribution in [2.75, 3.05) is 12.0 Å². The molecule has 1 unspecified atom stereocenters. The van der Waals surface area contributed by atoms with E-state index in [2.05, 4.69) is 18.4 Å². The molecule has 2 rings (SSSR count). The third kappa shape index (κ3) is 3.14. The fraction of sp³-hybridized carbons (Fsp3) is 0.500. The largest absolute Gasteiger partial charge is 0.490 e. The highest BCUT2D eigenvalue weighted by Crippen LogP contribution is 2.27. The van der Waals surface area contributed by atoms with Gasteiger partial charge >= 0.3 is 0 Å². The third-order valence-corrected chi connectivity index (χ3v) is 3.17. The first-order valence-corrected chi connectivity index (χ1v) is 6.70. The predicted octanol–water partition coefficient (Wildman–Crippen LogP) is 2.59. The van der Waals surface area contributed by atoms with Crippen molar-refractivity contribution in [2.24, 2.45) is 5.73 Å². The molecule has 1 aliphatic rings. The van der Waals surface area contributed by atoms with Crippen LogP contribution in [0.4, 0.5) is 0 Å². The van der Waals surface area contributed by atoms with Gasteiger partial charge in [-0.2, -0.15) is 11.8 Å². The Kier molecular flexibility index (Phi) is 3.54. The van der Waals surface area contributed by atoms with E-state index in [1.54, 1.807) is 11.8 Å². The number of benzene rings is 1. The zero-order chi connectivity index (χ0) is 10.7. The average Bonchev–Trinajstić information content (AvgIpc) is 3.03. The summed E-state index contributed by atoms with van der Waals surface area (Å²) in [5.74, 6) is 1.93. The van der Waals surface area contributed by atoms with E-state index in [0.29, 0.717) is 6.10 Å². The topological polar surface area (TPSA) is 35.2 Å². The molecule has 3 heteroatoms. The Labute approximate surface area is 95.2 Å². The molecule has 0 amide bonds. The Hall–Kier alpha value is -0.670. The Morgan fingerprint density at radius 2 is 2.07 bits per heavy atom. The van der Waals surface area contributed by atoms with Gasteiger partial charge in [0.15, 0.2) is 0 Å². The number of nitrogens with two attached hydrogens (primary N) is 1. The first-order valence-electron chi connectivity index (χ1n) is 5.30. The van der Waals surface area contributed by atoms with Crippen LogP contribution in [0, 0.1) is 0 Å². The smallest absolute Gasteiger partial charge is 0.119 e. The van der Waals surface area contributed by atoms with E-state index in [1.165, 1.54) is 18.4 Å². The summed E-state index contributed by atoms with van der Waals surface area (Å²) >= 11 is 1.77. The lowest BCUT2D eigenvalue weighted by Crippen LogP contribution is -2.12. The highest BCUT2D eigenvalue weighted by atomic mass is 32.2. The minimum absolute atomic E-state index is 0.134. The number of hydrogen-bond donors (Lipinski definition) is 1. The Morgan fingerprint density at radius 1 is 1.40 bits per heavy atom. The molecule has 15 heavy (non-hydrogen) atoms. The van der Waals surface area contributed by atoms with Crippen LogP contribution in [0.3, 0.4) is 0 Å². The van der Waals surface area contributed by atoms with Crippen molar-refractivity contribution < 1.29 is 4.74 Å². The van der Waals surface area contributed by atoms with Crippen molar-refractivity contribution in [2.45, 2.75) is 25.0 Å². The molecule has 0 radical (unpaired) electrons. The second kappa shape index (κ2) is 4.90. The van der Waals surface area contributed by atoms with Crippen LogP contribution in [0.5, 0.6) is 5.75 Å². The summed E-state index contributed by atoms with van der Waals surface area (Å²) in [6, 6.07) is 8.31. The van der Waals surface area contributed by atoms with Crippen molar-refractivity contribution in [1.82, 2.24) is 0 Å². The number of ether oxygens (including phenoxy) is 1. The van der Waals surface area contributed by atoms with Gasteiger partial charge in [-0.3, -0.25) is 0 Å². The second-order valence-corrected chi connectivity index (χ2v) is 4.86. The molecule has 1 aromatic carbocycles. The summed E-state index contributed by atoms with van der Waals surface area (Å²) in [5, 5.41) is 0. The summed E-state index contributed by atoms with van der Waals surface area (Å²) in [6.07, 6.45) is 4.95. The lowest BCUT2D eigenvalue weighted by atomic mass is 10.1. The summed E-state index contributed by atoms with van der Waals surface area (Å²) < 4.78 is 5.67. The third-order valence-electron chi connectivity index (χ3n) is 2.48. The van der Waals surface area contributed by atoms with Crippen molar-refractivity contribution in [1.29, 1.82) is 0 Å². The molecule has 1 aliphatic carbocycles. The molecule has 2 nitrogen and oxygen atoms in total. The number of hydrogen-bond acceptors (Lipinski definition) is 3. The molecule has 1 atom stereocenters.